The number of aromatic nitrogens is 2. The summed E-state index contributed by atoms with van der Waals surface area (Å²) in [5.74, 6) is 0.536. The number of para-hydroxylation sites is 2. The van der Waals surface area contributed by atoms with Crippen molar-refractivity contribution in [3.63, 3.8) is 0 Å². The third-order valence-electron chi connectivity index (χ3n) is 5.81. The normalized spacial score (nSPS) is 15.8. The number of hydrogen-bond donors (Lipinski definition) is 1. The van der Waals surface area contributed by atoms with Crippen molar-refractivity contribution in [1.82, 2.24) is 19.2 Å². The van der Waals surface area contributed by atoms with Crippen LogP contribution < -0.4 is 5.32 Å². The molecule has 1 N–H and O–H groups in total. The molecule has 0 aliphatic carbocycles. The zero-order valence-corrected chi connectivity index (χ0v) is 19.0. The van der Waals surface area contributed by atoms with Crippen molar-refractivity contribution in [3.05, 3.63) is 66.0 Å². The highest BCUT2D eigenvalue weighted by Gasteiger charge is 2.24. The Kier molecular flexibility index (Phi) is 6.72. The van der Waals surface area contributed by atoms with Gasteiger partial charge in [-0.1, -0.05) is 37.1 Å². The van der Waals surface area contributed by atoms with E-state index in [9.17, 15) is 13.2 Å². The van der Waals surface area contributed by atoms with Gasteiger partial charge >= 0.3 is 0 Å². The first-order valence-corrected chi connectivity index (χ1v) is 12.4. The van der Waals surface area contributed by atoms with Gasteiger partial charge in [0.25, 0.3) is 0 Å². The zero-order chi connectivity index (χ0) is 22.6. The lowest BCUT2D eigenvalue weighted by Gasteiger charge is -2.19. The number of carbonyl (C=O) groups is 1. The molecule has 0 atom stereocenters. The van der Waals surface area contributed by atoms with Crippen LogP contribution in [0.1, 0.15) is 37.1 Å². The fourth-order valence-corrected chi connectivity index (χ4v) is 5.45. The van der Waals surface area contributed by atoms with Gasteiger partial charge in [0.1, 0.15) is 5.82 Å². The smallest absolute Gasteiger partial charge is 0.244 e. The van der Waals surface area contributed by atoms with E-state index in [2.05, 4.69) is 10.3 Å². The molecule has 4 rings (SSSR count). The van der Waals surface area contributed by atoms with Gasteiger partial charge in [-0.2, -0.15) is 4.31 Å². The van der Waals surface area contributed by atoms with Gasteiger partial charge in [0.05, 0.1) is 22.5 Å². The van der Waals surface area contributed by atoms with Crippen LogP contribution in [0.25, 0.3) is 17.1 Å². The third kappa shape index (κ3) is 4.92. The maximum Gasteiger partial charge on any atom is 0.244 e. The summed E-state index contributed by atoms with van der Waals surface area (Å²) in [5.41, 5.74) is 2.67. The molecule has 2 aromatic carbocycles. The summed E-state index contributed by atoms with van der Waals surface area (Å²) in [7, 11) is -1.54. The Morgan fingerprint density at radius 1 is 1.03 bits per heavy atom. The van der Waals surface area contributed by atoms with Crippen LogP contribution in [-0.4, -0.2) is 41.3 Å². The Bertz CT molecular complexity index is 1220. The highest BCUT2D eigenvalue weighted by Crippen LogP contribution is 2.21. The standard InChI is InChI=1S/C24H28N4O3S/c1-27-22-9-5-4-8-21(22)26-23(27)18-25-24(29)15-12-19-10-13-20(14-11-19)32(30,31)28-16-6-2-3-7-17-28/h4-5,8-15H,2-3,6-7,16-18H2,1H3,(H,25,29)/b15-12+. The average molecular weight is 453 g/mol. The van der Waals surface area contributed by atoms with Crippen molar-refractivity contribution >= 4 is 33.0 Å². The van der Waals surface area contributed by atoms with Gasteiger partial charge in [-0.25, -0.2) is 13.4 Å². The van der Waals surface area contributed by atoms with Crippen LogP contribution in [0.4, 0.5) is 0 Å². The second-order valence-electron chi connectivity index (χ2n) is 8.01. The first kappa shape index (κ1) is 22.2. The number of benzene rings is 2. The average Bonchev–Trinajstić information content (AvgIpc) is 2.97. The lowest BCUT2D eigenvalue weighted by atomic mass is 10.2. The van der Waals surface area contributed by atoms with Gasteiger partial charge in [0.15, 0.2) is 0 Å². The van der Waals surface area contributed by atoms with Gasteiger partial charge in [-0.3, -0.25) is 4.79 Å². The molecule has 0 saturated carbocycles. The number of aryl methyl sites for hydroxylation is 1. The van der Waals surface area contributed by atoms with Crippen LogP contribution in [0.15, 0.2) is 59.5 Å². The number of nitrogens with zero attached hydrogens (tertiary/aromatic N) is 3. The fourth-order valence-electron chi connectivity index (χ4n) is 3.93. The zero-order valence-electron chi connectivity index (χ0n) is 18.2. The van der Waals surface area contributed by atoms with Crippen LogP contribution in [0.3, 0.4) is 0 Å². The lowest BCUT2D eigenvalue weighted by molar-refractivity contribution is -0.116. The SMILES string of the molecule is Cn1c(CNC(=O)/C=C/c2ccc(S(=O)(=O)N3CCCCCC3)cc2)nc2ccccc21. The molecular weight excluding hydrogens is 424 g/mol. The predicted octanol–water partition coefficient (Wildman–Crippen LogP) is 3.47. The van der Waals surface area contributed by atoms with E-state index in [1.54, 1.807) is 34.6 Å². The van der Waals surface area contributed by atoms with Gasteiger partial charge in [-0.15, -0.1) is 0 Å². The highest BCUT2D eigenvalue weighted by atomic mass is 32.2. The quantitative estimate of drug-likeness (QED) is 0.581. The maximum atomic E-state index is 12.9. The van der Waals surface area contributed by atoms with Crippen LogP contribution >= 0.6 is 0 Å². The van der Waals surface area contributed by atoms with Gasteiger partial charge in [0.2, 0.25) is 15.9 Å². The van der Waals surface area contributed by atoms with Crippen LogP contribution in [0.2, 0.25) is 0 Å². The first-order valence-electron chi connectivity index (χ1n) is 10.9. The molecule has 168 valence electrons. The molecule has 0 unspecified atom stereocenters. The summed E-state index contributed by atoms with van der Waals surface area (Å²) in [6, 6.07) is 14.5. The van der Waals surface area contributed by atoms with E-state index in [4.69, 9.17) is 0 Å². The summed E-state index contributed by atoms with van der Waals surface area (Å²) in [4.78, 5) is 17.1. The number of fused-ring (bicyclic) bond motifs is 1. The van der Waals surface area contributed by atoms with E-state index < -0.39 is 10.0 Å². The topological polar surface area (TPSA) is 84.3 Å². The van der Waals surface area contributed by atoms with E-state index in [0.717, 1.165) is 48.1 Å². The Hall–Kier alpha value is -2.97. The van der Waals surface area contributed by atoms with Crippen molar-refractivity contribution in [3.8, 4) is 0 Å². The molecule has 1 amide bonds. The van der Waals surface area contributed by atoms with Crippen molar-refractivity contribution in [2.24, 2.45) is 7.05 Å². The number of hydrogen-bond acceptors (Lipinski definition) is 4. The Morgan fingerprint density at radius 3 is 2.41 bits per heavy atom. The monoisotopic (exact) mass is 452 g/mol. The minimum atomic E-state index is -3.47. The Morgan fingerprint density at radius 2 is 1.72 bits per heavy atom. The minimum absolute atomic E-state index is 0.238. The van der Waals surface area contributed by atoms with E-state index >= 15 is 0 Å². The van der Waals surface area contributed by atoms with E-state index in [1.807, 2.05) is 35.9 Å². The Labute approximate surface area is 188 Å². The van der Waals surface area contributed by atoms with Crippen LogP contribution in [0.5, 0.6) is 0 Å². The molecule has 1 aromatic heterocycles. The second-order valence-corrected chi connectivity index (χ2v) is 9.95. The van der Waals surface area contributed by atoms with Crippen LogP contribution in [-0.2, 0) is 28.4 Å². The molecule has 3 aromatic rings. The largest absolute Gasteiger partial charge is 0.345 e. The van der Waals surface area contributed by atoms with Crippen molar-refractivity contribution in [1.29, 1.82) is 0 Å². The fraction of sp³-hybridized carbons (Fsp3) is 0.333. The number of imidazole rings is 1. The minimum Gasteiger partial charge on any atom is -0.345 e. The molecule has 1 aliphatic heterocycles. The van der Waals surface area contributed by atoms with Gasteiger partial charge < -0.3 is 9.88 Å². The molecule has 32 heavy (non-hydrogen) atoms. The van der Waals surface area contributed by atoms with Crippen LogP contribution in [0, 0.1) is 0 Å². The molecule has 2 heterocycles. The summed E-state index contributed by atoms with van der Waals surface area (Å²) < 4.78 is 29.3. The molecule has 0 radical (unpaired) electrons. The molecule has 1 saturated heterocycles. The van der Waals surface area contributed by atoms with E-state index in [0.29, 0.717) is 24.5 Å². The number of sulfonamides is 1. The maximum absolute atomic E-state index is 12.9. The summed E-state index contributed by atoms with van der Waals surface area (Å²) in [5, 5.41) is 2.84. The summed E-state index contributed by atoms with van der Waals surface area (Å²) in [6.45, 7) is 1.48. The third-order valence-corrected chi connectivity index (χ3v) is 7.72. The molecular formula is C24H28N4O3S. The molecule has 8 heteroatoms. The van der Waals surface area contributed by atoms with Crippen molar-refractivity contribution in [2.45, 2.75) is 37.1 Å². The number of amides is 1. The number of rotatable bonds is 6. The molecule has 1 fully saturated rings. The van der Waals surface area contributed by atoms with Gasteiger partial charge in [0, 0.05) is 26.2 Å². The number of carbonyl (C=O) groups excluding carboxylic acids is 1. The molecule has 0 spiro atoms. The predicted molar refractivity (Wildman–Crippen MR) is 125 cm³/mol. The summed E-state index contributed by atoms with van der Waals surface area (Å²) >= 11 is 0. The summed E-state index contributed by atoms with van der Waals surface area (Å²) in [6.07, 6.45) is 7.09. The van der Waals surface area contributed by atoms with E-state index in [-0.39, 0.29) is 5.91 Å². The first-order chi connectivity index (χ1) is 15.4. The second kappa shape index (κ2) is 9.67. The highest BCUT2D eigenvalue weighted by molar-refractivity contribution is 7.89. The van der Waals surface area contributed by atoms with Gasteiger partial charge in [-0.05, 0) is 48.7 Å². The van der Waals surface area contributed by atoms with E-state index in [1.165, 1.54) is 6.08 Å². The lowest BCUT2D eigenvalue weighted by Crippen LogP contribution is -2.31. The number of nitrogens with one attached hydrogen (secondary N) is 1. The van der Waals surface area contributed by atoms with Crippen molar-refractivity contribution in [2.75, 3.05) is 13.1 Å². The molecule has 0 bridgehead atoms. The van der Waals surface area contributed by atoms with Crippen molar-refractivity contribution < 1.29 is 13.2 Å². The Balaban J connectivity index is 1.36. The molecule has 7 nitrogen and oxygen atoms in total. The molecule has 1 aliphatic rings.